The number of aliphatic carboxylic acids is 1. The highest BCUT2D eigenvalue weighted by Crippen LogP contribution is 2.19. The third-order valence-corrected chi connectivity index (χ3v) is 2.61. The Labute approximate surface area is 88.1 Å². The van der Waals surface area contributed by atoms with Gasteiger partial charge in [0.05, 0.1) is 6.10 Å². The summed E-state index contributed by atoms with van der Waals surface area (Å²) in [7, 11) is 1.60. The quantitative estimate of drug-likeness (QED) is 0.656. The predicted octanol–water partition coefficient (Wildman–Crippen LogP) is -0.422. The lowest BCUT2D eigenvalue weighted by atomic mass is 10.2. The smallest absolute Gasteiger partial charge is 0.326 e. The number of aliphatic hydroxyl groups is 1. The Hall–Kier alpha value is -1.30. The highest BCUT2D eigenvalue weighted by molar-refractivity contribution is 5.83. The Morgan fingerprint density at radius 1 is 1.53 bits per heavy atom. The van der Waals surface area contributed by atoms with Crippen LogP contribution in [0.1, 0.15) is 13.3 Å². The number of likely N-dealkylation sites (tertiary alicyclic amines) is 1. The zero-order valence-electron chi connectivity index (χ0n) is 8.88. The molecule has 1 heterocycles. The fourth-order valence-corrected chi connectivity index (χ4v) is 1.61. The van der Waals surface area contributed by atoms with E-state index in [2.05, 4.69) is 0 Å². The molecule has 2 amide bonds. The number of carbonyl (C=O) groups excluding carboxylic acids is 1. The van der Waals surface area contributed by atoms with Gasteiger partial charge < -0.3 is 20.0 Å². The number of amides is 2. The molecular formula is C9H16N2O4. The number of β-amino-alcohol motifs (C(OH)–C–C–N with tert-alkyl or cyclic N) is 1. The van der Waals surface area contributed by atoms with E-state index in [4.69, 9.17) is 5.11 Å². The predicted molar refractivity (Wildman–Crippen MR) is 52.5 cm³/mol. The topological polar surface area (TPSA) is 81.1 Å². The van der Waals surface area contributed by atoms with Gasteiger partial charge in [-0.1, -0.05) is 0 Å². The van der Waals surface area contributed by atoms with Crippen molar-refractivity contribution in [3.63, 3.8) is 0 Å². The van der Waals surface area contributed by atoms with Gasteiger partial charge in [0.15, 0.2) is 0 Å². The van der Waals surface area contributed by atoms with E-state index in [-0.39, 0.29) is 19.0 Å². The minimum Gasteiger partial charge on any atom is -0.480 e. The Bertz CT molecular complexity index is 269. The molecule has 1 fully saturated rings. The van der Waals surface area contributed by atoms with Gasteiger partial charge in [-0.15, -0.1) is 0 Å². The van der Waals surface area contributed by atoms with Crippen molar-refractivity contribution in [1.29, 1.82) is 0 Å². The summed E-state index contributed by atoms with van der Waals surface area (Å²) in [6.07, 6.45) is -0.626. The SMILES string of the molecule is CCN(C)C(=O)N1C[C@H](O)C[C@@H]1C(=O)O. The molecule has 6 nitrogen and oxygen atoms in total. The monoisotopic (exact) mass is 216 g/mol. The van der Waals surface area contributed by atoms with Gasteiger partial charge in [-0.05, 0) is 6.92 Å². The first-order valence-corrected chi connectivity index (χ1v) is 4.90. The summed E-state index contributed by atoms with van der Waals surface area (Å²) in [6.45, 7) is 2.41. The van der Waals surface area contributed by atoms with Crippen molar-refractivity contribution in [2.45, 2.75) is 25.5 Å². The molecule has 86 valence electrons. The van der Waals surface area contributed by atoms with Crippen LogP contribution in [0.5, 0.6) is 0 Å². The third kappa shape index (κ3) is 2.38. The van der Waals surface area contributed by atoms with E-state index < -0.39 is 18.1 Å². The first kappa shape index (κ1) is 11.8. The highest BCUT2D eigenvalue weighted by atomic mass is 16.4. The van der Waals surface area contributed by atoms with Crippen molar-refractivity contribution in [3.05, 3.63) is 0 Å². The lowest BCUT2D eigenvalue weighted by Crippen LogP contribution is -2.46. The minimum absolute atomic E-state index is 0.0974. The number of nitrogens with zero attached hydrogens (tertiary/aromatic N) is 2. The molecule has 2 atom stereocenters. The molecule has 1 aliphatic heterocycles. The van der Waals surface area contributed by atoms with Crippen molar-refractivity contribution in [1.82, 2.24) is 9.80 Å². The summed E-state index contributed by atoms with van der Waals surface area (Å²) >= 11 is 0. The average Bonchev–Trinajstić information content (AvgIpc) is 2.58. The lowest BCUT2D eigenvalue weighted by molar-refractivity contribution is -0.141. The second-order valence-electron chi connectivity index (χ2n) is 3.69. The molecule has 0 bridgehead atoms. The van der Waals surface area contributed by atoms with Crippen LogP contribution in [0.25, 0.3) is 0 Å². The largest absolute Gasteiger partial charge is 0.480 e. The number of aliphatic hydroxyl groups excluding tert-OH is 1. The van der Waals surface area contributed by atoms with Crippen LogP contribution >= 0.6 is 0 Å². The number of carbonyl (C=O) groups is 2. The van der Waals surface area contributed by atoms with Gasteiger partial charge in [-0.3, -0.25) is 0 Å². The van der Waals surface area contributed by atoms with E-state index in [1.807, 2.05) is 0 Å². The van der Waals surface area contributed by atoms with Crippen LogP contribution in [0.4, 0.5) is 4.79 Å². The minimum atomic E-state index is -1.07. The molecule has 1 aliphatic rings. The Morgan fingerprint density at radius 3 is 2.60 bits per heavy atom. The lowest BCUT2D eigenvalue weighted by Gasteiger charge is -2.26. The van der Waals surface area contributed by atoms with E-state index in [1.54, 1.807) is 14.0 Å². The maximum atomic E-state index is 11.7. The molecule has 1 saturated heterocycles. The number of urea groups is 1. The van der Waals surface area contributed by atoms with Crippen molar-refractivity contribution in [2.24, 2.45) is 0 Å². The Balaban J connectivity index is 2.75. The first-order chi connectivity index (χ1) is 6.97. The number of hydrogen-bond donors (Lipinski definition) is 2. The number of carboxylic acid groups (broad SMARTS) is 1. The zero-order chi connectivity index (χ0) is 11.6. The summed E-state index contributed by atoms with van der Waals surface area (Å²) in [5, 5.41) is 18.2. The molecule has 0 saturated carbocycles. The average molecular weight is 216 g/mol. The van der Waals surface area contributed by atoms with Crippen LogP contribution in [-0.2, 0) is 4.79 Å². The molecule has 0 aliphatic carbocycles. The summed E-state index contributed by atoms with van der Waals surface area (Å²) in [5.74, 6) is -1.07. The molecule has 0 aromatic carbocycles. The fraction of sp³-hybridized carbons (Fsp3) is 0.778. The maximum Gasteiger partial charge on any atom is 0.326 e. The molecule has 2 N–H and O–H groups in total. The Kier molecular flexibility index (Phi) is 3.52. The summed E-state index contributed by atoms with van der Waals surface area (Å²) in [6, 6.07) is -1.25. The van der Waals surface area contributed by atoms with Crippen LogP contribution in [0.2, 0.25) is 0 Å². The van der Waals surface area contributed by atoms with E-state index >= 15 is 0 Å². The number of carboxylic acids is 1. The summed E-state index contributed by atoms with van der Waals surface area (Å²) in [5.41, 5.74) is 0. The van der Waals surface area contributed by atoms with Crippen molar-refractivity contribution < 1.29 is 19.8 Å². The molecule has 6 heteroatoms. The normalized spacial score (nSPS) is 25.4. The van der Waals surface area contributed by atoms with E-state index in [1.165, 1.54) is 9.80 Å². The van der Waals surface area contributed by atoms with Crippen LogP contribution in [0, 0.1) is 0 Å². The zero-order valence-corrected chi connectivity index (χ0v) is 8.88. The molecular weight excluding hydrogens is 200 g/mol. The van der Waals surface area contributed by atoms with E-state index in [9.17, 15) is 14.7 Å². The molecule has 0 unspecified atom stereocenters. The Morgan fingerprint density at radius 2 is 2.13 bits per heavy atom. The van der Waals surface area contributed by atoms with Crippen LogP contribution in [0.15, 0.2) is 0 Å². The number of rotatable bonds is 2. The van der Waals surface area contributed by atoms with Crippen molar-refractivity contribution >= 4 is 12.0 Å². The van der Waals surface area contributed by atoms with Crippen molar-refractivity contribution in [2.75, 3.05) is 20.1 Å². The van der Waals surface area contributed by atoms with Crippen LogP contribution in [0.3, 0.4) is 0 Å². The molecule has 0 aromatic heterocycles. The first-order valence-electron chi connectivity index (χ1n) is 4.90. The molecule has 0 spiro atoms. The second-order valence-corrected chi connectivity index (χ2v) is 3.69. The molecule has 15 heavy (non-hydrogen) atoms. The summed E-state index contributed by atoms with van der Waals surface area (Å²) < 4.78 is 0. The molecule has 0 aromatic rings. The maximum absolute atomic E-state index is 11.7. The van der Waals surface area contributed by atoms with Crippen LogP contribution in [-0.4, -0.2) is 64.3 Å². The summed E-state index contributed by atoms with van der Waals surface area (Å²) in [4.78, 5) is 25.2. The van der Waals surface area contributed by atoms with Crippen LogP contribution < -0.4 is 0 Å². The van der Waals surface area contributed by atoms with E-state index in [0.717, 1.165) is 0 Å². The van der Waals surface area contributed by atoms with Gasteiger partial charge in [0.1, 0.15) is 6.04 Å². The number of hydrogen-bond acceptors (Lipinski definition) is 3. The van der Waals surface area contributed by atoms with E-state index in [0.29, 0.717) is 6.54 Å². The van der Waals surface area contributed by atoms with Gasteiger partial charge in [0.2, 0.25) is 0 Å². The highest BCUT2D eigenvalue weighted by Gasteiger charge is 2.39. The molecule has 1 rings (SSSR count). The fourth-order valence-electron chi connectivity index (χ4n) is 1.61. The van der Waals surface area contributed by atoms with Gasteiger partial charge in [0, 0.05) is 26.6 Å². The van der Waals surface area contributed by atoms with Crippen molar-refractivity contribution in [3.8, 4) is 0 Å². The third-order valence-electron chi connectivity index (χ3n) is 2.61. The van der Waals surface area contributed by atoms with Gasteiger partial charge in [0.25, 0.3) is 0 Å². The second kappa shape index (κ2) is 4.48. The molecule has 0 radical (unpaired) electrons. The van der Waals surface area contributed by atoms with Gasteiger partial charge >= 0.3 is 12.0 Å². The standard InChI is InChI=1S/C9H16N2O4/c1-3-10(2)9(15)11-5-6(12)4-7(11)8(13)14/h6-7,12H,3-5H2,1-2H3,(H,13,14)/t6-,7-/m1/s1. The van der Waals surface area contributed by atoms with Gasteiger partial charge in [-0.25, -0.2) is 9.59 Å². The van der Waals surface area contributed by atoms with Gasteiger partial charge in [-0.2, -0.15) is 0 Å².